The number of nitrogens with one attached hydrogen (secondary N) is 3. The van der Waals surface area contributed by atoms with Crippen molar-refractivity contribution in [3.8, 4) is 0 Å². The van der Waals surface area contributed by atoms with Crippen LogP contribution in [0.3, 0.4) is 0 Å². The molecule has 33 heavy (non-hydrogen) atoms. The van der Waals surface area contributed by atoms with E-state index in [1.807, 2.05) is 0 Å². The number of unbranched alkanes of at least 4 members (excludes halogenated alkanes) is 1. The molecule has 3 amide bonds. The van der Waals surface area contributed by atoms with Crippen LogP contribution in [0, 0.1) is 0 Å². The van der Waals surface area contributed by atoms with Crippen molar-refractivity contribution in [2.24, 2.45) is 11.5 Å². The van der Waals surface area contributed by atoms with Crippen molar-refractivity contribution < 1.29 is 29.4 Å². The number of carbonyl (C=O) groups is 4. The summed E-state index contributed by atoms with van der Waals surface area (Å²) >= 11 is 0. The van der Waals surface area contributed by atoms with E-state index in [1.54, 1.807) is 30.3 Å². The van der Waals surface area contributed by atoms with E-state index in [2.05, 4.69) is 16.0 Å². The molecule has 11 nitrogen and oxygen atoms in total. The fourth-order valence-electron chi connectivity index (χ4n) is 3.03. The summed E-state index contributed by atoms with van der Waals surface area (Å²) in [6.45, 7) is 3.15. The number of rotatable bonds is 14. The number of amides is 3. The van der Waals surface area contributed by atoms with E-state index < -0.39 is 54.0 Å². The molecule has 5 atom stereocenters. The summed E-state index contributed by atoms with van der Waals surface area (Å²) in [4.78, 5) is 49.3. The second kappa shape index (κ2) is 14.2. The van der Waals surface area contributed by atoms with Crippen LogP contribution in [0.25, 0.3) is 0 Å². The van der Waals surface area contributed by atoms with Gasteiger partial charge in [0.2, 0.25) is 17.7 Å². The third-order valence-corrected chi connectivity index (χ3v) is 4.95. The maximum absolute atomic E-state index is 13.0. The van der Waals surface area contributed by atoms with Gasteiger partial charge in [0.15, 0.2) is 0 Å². The van der Waals surface area contributed by atoms with Gasteiger partial charge in [-0.25, -0.2) is 4.79 Å². The Morgan fingerprint density at radius 2 is 1.52 bits per heavy atom. The maximum atomic E-state index is 13.0. The highest BCUT2D eigenvalue weighted by molar-refractivity contribution is 5.94. The van der Waals surface area contributed by atoms with Crippen molar-refractivity contribution in [1.29, 1.82) is 0 Å². The molecule has 0 spiro atoms. The maximum Gasteiger partial charge on any atom is 0.326 e. The van der Waals surface area contributed by atoms with E-state index in [1.165, 1.54) is 13.8 Å². The molecule has 1 aromatic rings. The zero-order valence-corrected chi connectivity index (χ0v) is 19.0. The average molecular weight is 466 g/mol. The monoisotopic (exact) mass is 465 g/mol. The topological polar surface area (TPSA) is 197 Å². The first kappa shape index (κ1) is 28.0. The van der Waals surface area contributed by atoms with Gasteiger partial charge in [-0.05, 0) is 45.2 Å². The Bertz CT molecular complexity index is 787. The van der Waals surface area contributed by atoms with Crippen LogP contribution in [0.2, 0.25) is 0 Å². The van der Waals surface area contributed by atoms with Crippen molar-refractivity contribution in [2.75, 3.05) is 6.54 Å². The predicted octanol–water partition coefficient (Wildman–Crippen LogP) is -1.37. The standard InChI is InChI=1S/C22H35N5O6/c1-13(24)19(29)26-17(12-15-8-4-3-5-9-15)20(30)27-18(14(2)28)21(31)25-16(22(32)33)10-6-7-11-23/h3-5,8-9,13-14,16-18,28H,6-7,10-12,23-24H2,1-2H3,(H,25,31)(H,26,29)(H,27,30)(H,32,33). The summed E-state index contributed by atoms with van der Waals surface area (Å²) in [6, 6.07) is 4.35. The number of nitrogens with two attached hydrogens (primary N) is 2. The lowest BCUT2D eigenvalue weighted by Gasteiger charge is -2.26. The third kappa shape index (κ3) is 9.98. The molecule has 5 unspecified atom stereocenters. The second-order valence-corrected chi connectivity index (χ2v) is 7.95. The van der Waals surface area contributed by atoms with Gasteiger partial charge in [0, 0.05) is 6.42 Å². The van der Waals surface area contributed by atoms with Crippen LogP contribution >= 0.6 is 0 Å². The van der Waals surface area contributed by atoms with E-state index in [0.29, 0.717) is 19.4 Å². The molecule has 0 bridgehead atoms. The second-order valence-electron chi connectivity index (χ2n) is 7.95. The number of benzene rings is 1. The van der Waals surface area contributed by atoms with Crippen LogP contribution in [0.15, 0.2) is 30.3 Å². The Morgan fingerprint density at radius 1 is 0.909 bits per heavy atom. The minimum absolute atomic E-state index is 0.121. The molecule has 0 fully saturated rings. The highest BCUT2D eigenvalue weighted by Crippen LogP contribution is 2.06. The van der Waals surface area contributed by atoms with Gasteiger partial charge in [0.25, 0.3) is 0 Å². The molecule has 0 radical (unpaired) electrons. The number of aliphatic hydroxyl groups is 1. The molecule has 0 aliphatic rings. The zero-order valence-electron chi connectivity index (χ0n) is 19.0. The zero-order chi connectivity index (χ0) is 25.0. The van der Waals surface area contributed by atoms with Crippen LogP contribution in [-0.4, -0.2) is 70.7 Å². The van der Waals surface area contributed by atoms with Gasteiger partial charge in [0.1, 0.15) is 18.1 Å². The van der Waals surface area contributed by atoms with Gasteiger partial charge in [-0.15, -0.1) is 0 Å². The lowest BCUT2D eigenvalue weighted by molar-refractivity contribution is -0.143. The molecule has 1 aromatic carbocycles. The Labute approximate surface area is 193 Å². The highest BCUT2D eigenvalue weighted by Gasteiger charge is 2.32. The summed E-state index contributed by atoms with van der Waals surface area (Å²) in [7, 11) is 0. The van der Waals surface area contributed by atoms with Crippen LogP contribution in [-0.2, 0) is 25.6 Å². The number of carboxylic acid groups (broad SMARTS) is 1. The first-order valence-electron chi connectivity index (χ1n) is 10.9. The molecule has 1 rings (SSSR count). The summed E-state index contributed by atoms with van der Waals surface area (Å²) in [6.07, 6.45) is 0.0306. The molecule has 0 aliphatic heterocycles. The van der Waals surface area contributed by atoms with Crippen molar-refractivity contribution in [1.82, 2.24) is 16.0 Å². The predicted molar refractivity (Wildman–Crippen MR) is 122 cm³/mol. The Kier molecular flexibility index (Phi) is 12.0. The van der Waals surface area contributed by atoms with Crippen molar-refractivity contribution in [3.63, 3.8) is 0 Å². The Hall–Kier alpha value is -3.02. The van der Waals surface area contributed by atoms with E-state index in [0.717, 1.165) is 5.56 Å². The van der Waals surface area contributed by atoms with Crippen molar-refractivity contribution in [2.45, 2.75) is 69.8 Å². The van der Waals surface area contributed by atoms with E-state index in [-0.39, 0.29) is 12.8 Å². The first-order chi connectivity index (χ1) is 15.6. The molecule has 0 heterocycles. The summed E-state index contributed by atoms with van der Waals surface area (Å²) in [5, 5.41) is 26.8. The van der Waals surface area contributed by atoms with Crippen LogP contribution in [0.1, 0.15) is 38.7 Å². The molecule has 9 N–H and O–H groups in total. The number of aliphatic carboxylic acids is 1. The number of hydrogen-bond donors (Lipinski definition) is 7. The lowest BCUT2D eigenvalue weighted by Crippen LogP contribution is -2.60. The minimum Gasteiger partial charge on any atom is -0.480 e. The quantitative estimate of drug-likeness (QED) is 0.163. The molecule has 184 valence electrons. The highest BCUT2D eigenvalue weighted by atomic mass is 16.4. The number of carboxylic acids is 1. The SMILES string of the molecule is CC(N)C(=O)NC(Cc1ccccc1)C(=O)NC(C(=O)NC(CCCCN)C(=O)O)C(C)O. The fourth-order valence-corrected chi connectivity index (χ4v) is 3.03. The first-order valence-corrected chi connectivity index (χ1v) is 10.9. The van der Waals surface area contributed by atoms with Crippen LogP contribution in [0.5, 0.6) is 0 Å². The molecule has 0 aromatic heterocycles. The van der Waals surface area contributed by atoms with Crippen LogP contribution in [0.4, 0.5) is 0 Å². The van der Waals surface area contributed by atoms with E-state index in [9.17, 15) is 29.4 Å². The third-order valence-electron chi connectivity index (χ3n) is 4.95. The largest absolute Gasteiger partial charge is 0.480 e. The minimum atomic E-state index is -1.43. The average Bonchev–Trinajstić information content (AvgIpc) is 2.76. The lowest BCUT2D eigenvalue weighted by atomic mass is 10.0. The molecule has 0 aliphatic carbocycles. The molecular weight excluding hydrogens is 430 g/mol. The molecule has 0 saturated carbocycles. The van der Waals surface area contributed by atoms with Gasteiger partial charge in [0.05, 0.1) is 12.1 Å². The van der Waals surface area contributed by atoms with Gasteiger partial charge < -0.3 is 37.6 Å². The smallest absolute Gasteiger partial charge is 0.326 e. The summed E-state index contributed by atoms with van der Waals surface area (Å²) in [5.74, 6) is -3.36. The van der Waals surface area contributed by atoms with Crippen molar-refractivity contribution in [3.05, 3.63) is 35.9 Å². The van der Waals surface area contributed by atoms with E-state index in [4.69, 9.17) is 11.5 Å². The summed E-state index contributed by atoms with van der Waals surface area (Å²) < 4.78 is 0. The summed E-state index contributed by atoms with van der Waals surface area (Å²) in [5.41, 5.74) is 11.8. The Balaban J connectivity index is 2.97. The fraction of sp³-hybridized carbons (Fsp3) is 0.545. The molecule has 0 saturated heterocycles. The molecule has 11 heteroatoms. The van der Waals surface area contributed by atoms with E-state index >= 15 is 0 Å². The van der Waals surface area contributed by atoms with Gasteiger partial charge >= 0.3 is 5.97 Å². The number of aliphatic hydroxyl groups excluding tert-OH is 1. The normalized spacial score (nSPS) is 15.4. The van der Waals surface area contributed by atoms with Gasteiger partial charge in [-0.2, -0.15) is 0 Å². The Morgan fingerprint density at radius 3 is 2.03 bits per heavy atom. The number of carbonyl (C=O) groups excluding carboxylic acids is 3. The van der Waals surface area contributed by atoms with Gasteiger partial charge in [-0.3, -0.25) is 14.4 Å². The number of hydrogen-bond acceptors (Lipinski definition) is 7. The van der Waals surface area contributed by atoms with Gasteiger partial charge in [-0.1, -0.05) is 30.3 Å². The van der Waals surface area contributed by atoms with Crippen LogP contribution < -0.4 is 27.4 Å². The molecular formula is C22H35N5O6. The van der Waals surface area contributed by atoms with Crippen molar-refractivity contribution >= 4 is 23.7 Å².